The van der Waals surface area contributed by atoms with Gasteiger partial charge in [0.1, 0.15) is 0 Å². The molecule has 146 valence electrons. The lowest BCUT2D eigenvalue weighted by atomic mass is 10.2. The number of nitrogens with zero attached hydrogens (tertiary/aromatic N) is 3. The number of thiazole rings is 1. The SMILES string of the molecule is CS(=O)(=NC(=O)c1cncc(C#Cc2cnc(NC(=O)O)s2)c1)c1ccccc1. The summed E-state index contributed by atoms with van der Waals surface area (Å²) in [6.07, 6.45) is 4.44. The molecule has 0 saturated carbocycles. The molecule has 10 heteroatoms. The number of hydrogen-bond acceptors (Lipinski definition) is 6. The summed E-state index contributed by atoms with van der Waals surface area (Å²) < 4.78 is 16.6. The second-order valence-electron chi connectivity index (χ2n) is 5.68. The molecule has 0 aliphatic heterocycles. The van der Waals surface area contributed by atoms with Gasteiger partial charge < -0.3 is 5.11 Å². The zero-order valence-corrected chi connectivity index (χ0v) is 16.7. The number of pyridine rings is 1. The first-order valence-corrected chi connectivity index (χ1v) is 10.8. The van der Waals surface area contributed by atoms with Gasteiger partial charge in [-0.05, 0) is 24.1 Å². The molecule has 0 saturated heterocycles. The minimum atomic E-state index is -2.88. The third-order valence-electron chi connectivity index (χ3n) is 3.47. The highest BCUT2D eigenvalue weighted by atomic mass is 32.2. The van der Waals surface area contributed by atoms with Gasteiger partial charge in [-0.15, -0.1) is 0 Å². The second-order valence-corrected chi connectivity index (χ2v) is 8.97. The number of carbonyl (C=O) groups excluding carboxylic acids is 1. The van der Waals surface area contributed by atoms with Crippen molar-refractivity contribution in [3.8, 4) is 11.8 Å². The zero-order chi connectivity index (χ0) is 20.9. The quantitative estimate of drug-likeness (QED) is 0.620. The highest BCUT2D eigenvalue weighted by molar-refractivity contribution is 7.93. The third-order valence-corrected chi connectivity index (χ3v) is 5.96. The summed E-state index contributed by atoms with van der Waals surface area (Å²) in [6, 6.07) is 10.1. The van der Waals surface area contributed by atoms with E-state index in [-0.39, 0.29) is 10.7 Å². The number of anilines is 1. The highest BCUT2D eigenvalue weighted by Gasteiger charge is 2.12. The molecule has 0 bridgehead atoms. The molecular formula is C19H14N4O4S2. The monoisotopic (exact) mass is 426 g/mol. The first kappa shape index (κ1) is 20.2. The molecule has 2 N–H and O–H groups in total. The molecule has 2 heterocycles. The molecule has 29 heavy (non-hydrogen) atoms. The van der Waals surface area contributed by atoms with E-state index in [9.17, 15) is 13.8 Å². The normalized spacial score (nSPS) is 12.2. The van der Waals surface area contributed by atoms with Gasteiger partial charge in [0.05, 0.1) is 26.4 Å². The standard InChI is InChI=1S/C19H14N4O4S2/c1-29(27,16-5-3-2-4-6-16)23-17(24)14-9-13(10-20-11-14)7-8-15-12-21-18(28-15)22-19(25)26/h2-6,9-12H,1H3,(H,21,22)(H,25,26). The molecule has 1 unspecified atom stereocenters. The Labute approximate surface area is 170 Å². The van der Waals surface area contributed by atoms with Crippen LogP contribution < -0.4 is 5.32 Å². The maximum atomic E-state index is 12.8. The summed E-state index contributed by atoms with van der Waals surface area (Å²) in [4.78, 5) is 31.9. The number of amides is 2. The van der Waals surface area contributed by atoms with E-state index < -0.39 is 21.7 Å². The van der Waals surface area contributed by atoms with Crippen LogP contribution in [0, 0.1) is 11.8 Å². The van der Waals surface area contributed by atoms with E-state index in [2.05, 4.69) is 31.5 Å². The van der Waals surface area contributed by atoms with Crippen molar-refractivity contribution < 1.29 is 18.9 Å². The number of aromatic nitrogens is 2. The topological polar surface area (TPSA) is 122 Å². The van der Waals surface area contributed by atoms with Crippen LogP contribution in [-0.4, -0.2) is 37.5 Å². The molecule has 3 aromatic rings. The van der Waals surface area contributed by atoms with Crippen molar-refractivity contribution in [2.75, 3.05) is 11.6 Å². The Morgan fingerprint density at radius 3 is 2.66 bits per heavy atom. The highest BCUT2D eigenvalue weighted by Crippen LogP contribution is 2.17. The Morgan fingerprint density at radius 2 is 1.93 bits per heavy atom. The van der Waals surface area contributed by atoms with Gasteiger partial charge in [0, 0.05) is 29.1 Å². The van der Waals surface area contributed by atoms with Crippen LogP contribution in [0.2, 0.25) is 0 Å². The molecule has 0 fully saturated rings. The average Bonchev–Trinajstić information content (AvgIpc) is 3.13. The van der Waals surface area contributed by atoms with Gasteiger partial charge in [-0.25, -0.2) is 14.0 Å². The van der Waals surface area contributed by atoms with Crippen molar-refractivity contribution in [1.29, 1.82) is 0 Å². The van der Waals surface area contributed by atoms with Crippen LogP contribution in [-0.2, 0) is 9.73 Å². The van der Waals surface area contributed by atoms with E-state index in [0.717, 1.165) is 11.3 Å². The van der Waals surface area contributed by atoms with E-state index in [4.69, 9.17) is 5.11 Å². The van der Waals surface area contributed by atoms with Crippen LogP contribution in [0.25, 0.3) is 0 Å². The summed E-state index contributed by atoms with van der Waals surface area (Å²) >= 11 is 1.08. The van der Waals surface area contributed by atoms with Crippen molar-refractivity contribution in [3.63, 3.8) is 0 Å². The van der Waals surface area contributed by atoms with E-state index in [1.165, 1.54) is 30.9 Å². The Morgan fingerprint density at radius 1 is 1.17 bits per heavy atom. The summed E-state index contributed by atoms with van der Waals surface area (Å²) in [7, 11) is -2.88. The van der Waals surface area contributed by atoms with Crippen molar-refractivity contribution in [2.24, 2.45) is 4.36 Å². The Bertz CT molecular complexity index is 1250. The summed E-state index contributed by atoms with van der Waals surface area (Å²) in [5, 5.41) is 11.0. The largest absolute Gasteiger partial charge is 0.465 e. The summed E-state index contributed by atoms with van der Waals surface area (Å²) in [5.74, 6) is 5.01. The maximum Gasteiger partial charge on any atom is 0.410 e. The minimum Gasteiger partial charge on any atom is -0.465 e. The van der Waals surface area contributed by atoms with Crippen molar-refractivity contribution in [1.82, 2.24) is 9.97 Å². The Balaban J connectivity index is 1.82. The lowest BCUT2D eigenvalue weighted by Gasteiger charge is -2.03. The Kier molecular flexibility index (Phi) is 6.01. The van der Waals surface area contributed by atoms with E-state index in [1.54, 1.807) is 30.3 Å². The minimum absolute atomic E-state index is 0.167. The molecule has 1 aromatic carbocycles. The molecule has 2 aromatic heterocycles. The predicted octanol–water partition coefficient (Wildman–Crippen LogP) is 3.32. The fourth-order valence-electron chi connectivity index (χ4n) is 2.18. The molecule has 3 rings (SSSR count). The average molecular weight is 426 g/mol. The van der Waals surface area contributed by atoms with Gasteiger partial charge >= 0.3 is 6.09 Å². The van der Waals surface area contributed by atoms with Gasteiger partial charge in [-0.2, -0.15) is 4.36 Å². The number of hydrogen-bond donors (Lipinski definition) is 2. The van der Waals surface area contributed by atoms with E-state index >= 15 is 0 Å². The molecule has 0 spiro atoms. The summed E-state index contributed by atoms with van der Waals surface area (Å²) in [5.41, 5.74) is 0.620. The van der Waals surface area contributed by atoms with Crippen molar-refractivity contribution >= 4 is 38.2 Å². The second kappa shape index (κ2) is 8.64. The maximum absolute atomic E-state index is 12.8. The van der Waals surface area contributed by atoms with Crippen molar-refractivity contribution in [3.05, 3.63) is 71.0 Å². The van der Waals surface area contributed by atoms with Crippen LogP contribution >= 0.6 is 11.3 Å². The first-order valence-electron chi connectivity index (χ1n) is 8.08. The number of benzene rings is 1. The molecule has 1 atom stereocenters. The number of nitrogens with one attached hydrogen (secondary N) is 1. The fraction of sp³-hybridized carbons (Fsp3) is 0.0526. The fourth-order valence-corrected chi connectivity index (χ4v) is 4.03. The van der Waals surface area contributed by atoms with Crippen LogP contribution in [0.1, 0.15) is 20.8 Å². The zero-order valence-electron chi connectivity index (χ0n) is 15.0. The van der Waals surface area contributed by atoms with Gasteiger partial charge in [0.2, 0.25) is 0 Å². The van der Waals surface area contributed by atoms with Crippen LogP contribution in [0.4, 0.5) is 9.93 Å². The van der Waals surface area contributed by atoms with Crippen LogP contribution in [0.3, 0.4) is 0 Å². The molecule has 0 radical (unpaired) electrons. The first-order chi connectivity index (χ1) is 13.8. The summed E-state index contributed by atoms with van der Waals surface area (Å²) in [6.45, 7) is 0. The van der Waals surface area contributed by atoms with Crippen LogP contribution in [0.15, 0.2) is 64.2 Å². The molecular weight excluding hydrogens is 412 g/mol. The molecule has 2 amide bonds. The number of rotatable bonds is 3. The van der Waals surface area contributed by atoms with E-state index in [1.807, 2.05) is 0 Å². The van der Waals surface area contributed by atoms with Crippen LogP contribution in [0.5, 0.6) is 0 Å². The van der Waals surface area contributed by atoms with Gasteiger partial charge in [-0.3, -0.25) is 15.1 Å². The molecule has 0 aliphatic carbocycles. The van der Waals surface area contributed by atoms with Gasteiger partial charge in [0.25, 0.3) is 5.91 Å². The van der Waals surface area contributed by atoms with Gasteiger partial charge in [-0.1, -0.05) is 35.5 Å². The number of carboxylic acid groups (broad SMARTS) is 1. The predicted molar refractivity (Wildman–Crippen MR) is 110 cm³/mol. The van der Waals surface area contributed by atoms with Gasteiger partial charge in [0.15, 0.2) is 5.13 Å². The van der Waals surface area contributed by atoms with E-state index in [0.29, 0.717) is 15.3 Å². The smallest absolute Gasteiger partial charge is 0.410 e. The van der Waals surface area contributed by atoms with Crippen molar-refractivity contribution in [2.45, 2.75) is 4.90 Å². The molecule has 8 nitrogen and oxygen atoms in total. The lowest BCUT2D eigenvalue weighted by molar-refractivity contribution is 0.100. The third kappa shape index (κ3) is 5.47. The molecule has 0 aliphatic rings. The Hall–Kier alpha value is -3.55. The number of carbonyl (C=O) groups is 2. The lowest BCUT2D eigenvalue weighted by Crippen LogP contribution is -2.06.